The number of ketones is 1. The quantitative estimate of drug-likeness (QED) is 0.398. The van der Waals surface area contributed by atoms with Gasteiger partial charge in [0.15, 0.2) is 5.56 Å². The number of hydrogen-bond acceptors (Lipinski definition) is 2. The van der Waals surface area contributed by atoms with E-state index in [0.29, 0.717) is 6.42 Å². The van der Waals surface area contributed by atoms with E-state index in [-0.39, 0.29) is 17.3 Å². The predicted octanol–water partition coefficient (Wildman–Crippen LogP) is 2.51. The average molecular weight is 203 g/mol. The molecule has 0 aromatic carbocycles. The summed E-state index contributed by atoms with van der Waals surface area (Å²) in [5.74, 6) is 0.0370. The minimum Gasteiger partial charge on any atom is -0.348 e. The molecule has 1 saturated heterocycles. The van der Waals surface area contributed by atoms with Crippen molar-refractivity contribution in [2.75, 3.05) is 0 Å². The number of halogens is 1. The summed E-state index contributed by atoms with van der Waals surface area (Å²) in [5, 5.41) is 0. The van der Waals surface area contributed by atoms with Crippen molar-refractivity contribution in [3.05, 3.63) is 12.2 Å². The third-order valence-electron chi connectivity index (χ3n) is 2.54. The lowest BCUT2D eigenvalue weighted by molar-refractivity contribution is -0.122. The lowest BCUT2D eigenvalue weighted by Gasteiger charge is -2.15. The third kappa shape index (κ3) is 2.12. The van der Waals surface area contributed by atoms with Gasteiger partial charge in [-0.15, -0.1) is 0 Å². The average Bonchev–Trinajstić information content (AvgIpc) is 2.60. The van der Waals surface area contributed by atoms with Crippen LogP contribution in [0.1, 0.15) is 27.2 Å². The minimum atomic E-state index is -0.438. The van der Waals surface area contributed by atoms with E-state index in [1.807, 2.05) is 26.0 Å². The number of epoxide rings is 1. The summed E-state index contributed by atoms with van der Waals surface area (Å²) in [5.41, 5.74) is -0.737. The van der Waals surface area contributed by atoms with Gasteiger partial charge in [0.2, 0.25) is 0 Å². The number of rotatable bonds is 4. The highest BCUT2D eigenvalue weighted by molar-refractivity contribution is 6.22. The van der Waals surface area contributed by atoms with E-state index in [1.165, 1.54) is 0 Å². The number of carbonyl (C=O) groups excluding carboxylic acids is 1. The van der Waals surface area contributed by atoms with Crippen molar-refractivity contribution >= 4 is 17.4 Å². The highest BCUT2D eigenvalue weighted by Gasteiger charge is 2.57. The molecule has 0 amide bonds. The molecule has 0 bridgehead atoms. The number of hydrogen-bond donors (Lipinski definition) is 0. The molecule has 0 saturated carbocycles. The van der Waals surface area contributed by atoms with Gasteiger partial charge in [-0.05, 0) is 27.2 Å². The maximum atomic E-state index is 11.3. The molecule has 3 heteroatoms. The number of ether oxygens (including phenoxy) is 1. The van der Waals surface area contributed by atoms with Gasteiger partial charge in [0, 0.05) is 0 Å². The van der Waals surface area contributed by atoms with Crippen molar-refractivity contribution in [2.24, 2.45) is 5.92 Å². The fourth-order valence-electron chi connectivity index (χ4n) is 1.50. The Morgan fingerprint density at radius 3 is 2.62 bits per heavy atom. The molecular formula is C10H15ClO2. The Bertz CT molecular complexity index is 237. The minimum absolute atomic E-state index is 0.105. The molecular weight excluding hydrogens is 188 g/mol. The smallest absolute Gasteiger partial charge is 0.161 e. The summed E-state index contributed by atoms with van der Waals surface area (Å²) in [6, 6.07) is 0. The van der Waals surface area contributed by atoms with E-state index in [9.17, 15) is 4.79 Å². The largest absolute Gasteiger partial charge is 0.348 e. The van der Waals surface area contributed by atoms with Gasteiger partial charge in [0.05, 0.1) is 5.92 Å². The Morgan fingerprint density at radius 1 is 1.77 bits per heavy atom. The summed E-state index contributed by atoms with van der Waals surface area (Å²) in [7, 11) is 0. The third-order valence-corrected chi connectivity index (χ3v) is 3.06. The zero-order chi connectivity index (χ0) is 10.1. The number of Topliss-reactive ketones (excluding diaryl/α,β-unsaturated/α-hetero) is 1. The van der Waals surface area contributed by atoms with Crippen molar-refractivity contribution < 1.29 is 9.53 Å². The van der Waals surface area contributed by atoms with Gasteiger partial charge >= 0.3 is 0 Å². The molecule has 0 aliphatic carbocycles. The first kappa shape index (κ1) is 10.7. The zero-order valence-corrected chi connectivity index (χ0v) is 8.97. The van der Waals surface area contributed by atoms with E-state index in [0.717, 1.165) is 0 Å². The zero-order valence-electron chi connectivity index (χ0n) is 8.21. The Labute approximate surface area is 83.9 Å². The number of carbonyl (C=O) groups is 1. The molecule has 3 unspecified atom stereocenters. The standard InChI is InChI=1S/C10H15ClO2/c1-4-5-6-8(7(2)12)10(3)9(11)13-10/h4-5,8-9H,6H2,1-3H3. The molecule has 1 rings (SSSR count). The van der Waals surface area contributed by atoms with Crippen LogP contribution < -0.4 is 0 Å². The van der Waals surface area contributed by atoms with Crippen molar-refractivity contribution in [3.63, 3.8) is 0 Å². The molecule has 0 spiro atoms. The maximum absolute atomic E-state index is 11.3. The molecule has 3 atom stereocenters. The second kappa shape index (κ2) is 3.81. The molecule has 0 aromatic rings. The van der Waals surface area contributed by atoms with Crippen molar-refractivity contribution in [1.29, 1.82) is 0 Å². The molecule has 13 heavy (non-hydrogen) atoms. The van der Waals surface area contributed by atoms with Gasteiger partial charge in [0.25, 0.3) is 0 Å². The van der Waals surface area contributed by atoms with Crippen LogP contribution in [0.4, 0.5) is 0 Å². The lowest BCUT2D eigenvalue weighted by atomic mass is 9.88. The Balaban J connectivity index is 2.64. The molecule has 0 N–H and O–H groups in total. The van der Waals surface area contributed by atoms with Gasteiger partial charge < -0.3 is 4.74 Å². The summed E-state index contributed by atoms with van der Waals surface area (Å²) in [6.45, 7) is 5.41. The van der Waals surface area contributed by atoms with E-state index >= 15 is 0 Å². The molecule has 1 fully saturated rings. The number of allylic oxidation sites excluding steroid dienone is 2. The van der Waals surface area contributed by atoms with Gasteiger partial charge in [-0.1, -0.05) is 23.8 Å². The van der Waals surface area contributed by atoms with Crippen molar-refractivity contribution in [3.8, 4) is 0 Å². The van der Waals surface area contributed by atoms with Crippen LogP contribution in [0.25, 0.3) is 0 Å². The van der Waals surface area contributed by atoms with Gasteiger partial charge in [-0.2, -0.15) is 0 Å². The van der Waals surface area contributed by atoms with Crippen LogP contribution in [0, 0.1) is 5.92 Å². The Kier molecular flexibility index (Phi) is 3.14. The fraction of sp³-hybridized carbons (Fsp3) is 0.700. The SMILES string of the molecule is CC=CCC(C(C)=O)C1(C)OC1Cl. The first-order valence-corrected chi connectivity index (χ1v) is 4.89. The summed E-state index contributed by atoms with van der Waals surface area (Å²) in [4.78, 5) is 11.3. The van der Waals surface area contributed by atoms with Crippen LogP contribution in [-0.4, -0.2) is 16.9 Å². The molecule has 1 aliphatic heterocycles. The van der Waals surface area contributed by atoms with Gasteiger partial charge in [0.1, 0.15) is 11.4 Å². The monoisotopic (exact) mass is 202 g/mol. The summed E-state index contributed by atoms with van der Waals surface area (Å²) < 4.78 is 5.24. The van der Waals surface area contributed by atoms with E-state index in [1.54, 1.807) is 6.92 Å². The molecule has 2 nitrogen and oxygen atoms in total. The van der Waals surface area contributed by atoms with E-state index < -0.39 is 5.60 Å². The highest BCUT2D eigenvalue weighted by atomic mass is 35.5. The maximum Gasteiger partial charge on any atom is 0.161 e. The van der Waals surface area contributed by atoms with Crippen molar-refractivity contribution in [1.82, 2.24) is 0 Å². The summed E-state index contributed by atoms with van der Waals surface area (Å²) in [6.07, 6.45) is 4.62. The second-order valence-corrected chi connectivity index (χ2v) is 3.98. The predicted molar refractivity (Wildman–Crippen MR) is 52.7 cm³/mol. The van der Waals surface area contributed by atoms with Crippen LogP contribution in [-0.2, 0) is 9.53 Å². The normalized spacial score (nSPS) is 34.9. The van der Waals surface area contributed by atoms with E-state index in [2.05, 4.69) is 0 Å². The van der Waals surface area contributed by atoms with Crippen LogP contribution in [0.5, 0.6) is 0 Å². The van der Waals surface area contributed by atoms with Gasteiger partial charge in [-0.25, -0.2) is 0 Å². The van der Waals surface area contributed by atoms with E-state index in [4.69, 9.17) is 16.3 Å². The van der Waals surface area contributed by atoms with Gasteiger partial charge in [-0.3, -0.25) is 4.79 Å². The summed E-state index contributed by atoms with van der Waals surface area (Å²) >= 11 is 5.81. The highest BCUT2D eigenvalue weighted by Crippen LogP contribution is 2.46. The first-order chi connectivity index (χ1) is 6.02. The fourth-order valence-corrected chi connectivity index (χ4v) is 1.85. The van der Waals surface area contributed by atoms with Crippen LogP contribution >= 0.6 is 11.6 Å². The first-order valence-electron chi connectivity index (χ1n) is 4.46. The molecule has 1 heterocycles. The van der Waals surface area contributed by atoms with Crippen LogP contribution in [0.3, 0.4) is 0 Å². The lowest BCUT2D eigenvalue weighted by Crippen LogP contribution is -2.28. The molecule has 0 radical (unpaired) electrons. The topological polar surface area (TPSA) is 29.6 Å². The number of alkyl halides is 1. The molecule has 0 aromatic heterocycles. The van der Waals surface area contributed by atoms with Crippen LogP contribution in [0.2, 0.25) is 0 Å². The Morgan fingerprint density at radius 2 is 2.31 bits per heavy atom. The Hall–Kier alpha value is -0.340. The van der Waals surface area contributed by atoms with Crippen LogP contribution in [0.15, 0.2) is 12.2 Å². The van der Waals surface area contributed by atoms with Crippen molar-refractivity contribution in [2.45, 2.75) is 38.4 Å². The second-order valence-electron chi connectivity index (χ2n) is 3.59. The molecule has 1 aliphatic rings. The molecule has 74 valence electrons.